The molecule has 0 spiro atoms. The number of anilines is 1. The van der Waals surface area contributed by atoms with Crippen molar-refractivity contribution in [1.82, 2.24) is 0 Å². The van der Waals surface area contributed by atoms with Crippen molar-refractivity contribution in [2.24, 2.45) is 17.1 Å². The molecule has 0 saturated heterocycles. The fraction of sp³-hybridized carbons (Fsp3) is 0.562. The van der Waals surface area contributed by atoms with E-state index in [0.29, 0.717) is 24.6 Å². The van der Waals surface area contributed by atoms with E-state index in [2.05, 4.69) is 26.1 Å². The SMILES string of the molecule is CC(C)(C)C(CCN)CCC(=O)Nc1ccc(O)cc1. The van der Waals surface area contributed by atoms with Crippen molar-refractivity contribution in [2.75, 3.05) is 11.9 Å². The number of carbonyl (C=O) groups is 1. The zero-order valence-electron chi connectivity index (χ0n) is 12.6. The fourth-order valence-electron chi connectivity index (χ4n) is 2.29. The molecule has 0 aliphatic rings. The van der Waals surface area contributed by atoms with Crippen molar-refractivity contribution >= 4 is 11.6 Å². The van der Waals surface area contributed by atoms with Gasteiger partial charge in [-0.2, -0.15) is 0 Å². The van der Waals surface area contributed by atoms with Gasteiger partial charge in [0.2, 0.25) is 5.91 Å². The number of benzene rings is 1. The molecule has 0 aliphatic carbocycles. The quantitative estimate of drug-likeness (QED) is 0.700. The molecule has 4 nitrogen and oxygen atoms in total. The molecule has 112 valence electrons. The van der Waals surface area contributed by atoms with E-state index in [4.69, 9.17) is 5.73 Å². The van der Waals surface area contributed by atoms with Gasteiger partial charge in [0.1, 0.15) is 5.75 Å². The third kappa shape index (κ3) is 5.61. The largest absolute Gasteiger partial charge is 0.508 e. The summed E-state index contributed by atoms with van der Waals surface area (Å²) in [5.74, 6) is 0.638. The molecule has 1 amide bonds. The number of amides is 1. The van der Waals surface area contributed by atoms with E-state index in [-0.39, 0.29) is 17.1 Å². The normalized spacial score (nSPS) is 13.0. The standard InChI is InChI=1S/C16H26N2O2/c1-16(2,3)12(10-11-17)4-9-15(20)18-13-5-7-14(19)8-6-13/h5-8,12,19H,4,9-11,17H2,1-3H3,(H,18,20). The van der Waals surface area contributed by atoms with Crippen LogP contribution in [0.1, 0.15) is 40.0 Å². The number of phenolic OH excluding ortho intramolecular Hbond substituents is 1. The summed E-state index contributed by atoms with van der Waals surface area (Å²) in [5.41, 5.74) is 6.52. The number of hydrogen-bond donors (Lipinski definition) is 3. The molecule has 0 aromatic heterocycles. The summed E-state index contributed by atoms with van der Waals surface area (Å²) in [6.07, 6.45) is 2.27. The molecule has 0 radical (unpaired) electrons. The van der Waals surface area contributed by atoms with Gasteiger partial charge in [-0.25, -0.2) is 0 Å². The van der Waals surface area contributed by atoms with Crippen LogP contribution < -0.4 is 11.1 Å². The first kappa shape index (κ1) is 16.5. The van der Waals surface area contributed by atoms with Gasteiger partial charge < -0.3 is 16.2 Å². The molecule has 20 heavy (non-hydrogen) atoms. The summed E-state index contributed by atoms with van der Waals surface area (Å²) in [4.78, 5) is 11.9. The van der Waals surface area contributed by atoms with Gasteiger partial charge in [-0.15, -0.1) is 0 Å². The number of phenols is 1. The van der Waals surface area contributed by atoms with Crippen LogP contribution >= 0.6 is 0 Å². The van der Waals surface area contributed by atoms with Gasteiger partial charge in [-0.3, -0.25) is 4.79 Å². The second-order valence-electron chi connectivity index (χ2n) is 6.27. The van der Waals surface area contributed by atoms with Crippen LogP contribution in [0.25, 0.3) is 0 Å². The van der Waals surface area contributed by atoms with Gasteiger partial charge in [-0.05, 0) is 55.0 Å². The molecule has 1 atom stereocenters. The highest BCUT2D eigenvalue weighted by Crippen LogP contribution is 2.32. The highest BCUT2D eigenvalue weighted by molar-refractivity contribution is 5.90. The van der Waals surface area contributed by atoms with Crippen LogP contribution in [0.3, 0.4) is 0 Å². The molecule has 4 heteroatoms. The summed E-state index contributed by atoms with van der Waals surface area (Å²) >= 11 is 0. The Labute approximate surface area is 121 Å². The molecular formula is C16H26N2O2. The maximum atomic E-state index is 11.9. The summed E-state index contributed by atoms with van der Waals surface area (Å²) in [6, 6.07) is 6.49. The number of nitrogens with two attached hydrogens (primary N) is 1. The summed E-state index contributed by atoms with van der Waals surface area (Å²) in [6.45, 7) is 7.21. The highest BCUT2D eigenvalue weighted by Gasteiger charge is 2.24. The Morgan fingerprint density at radius 1 is 1.25 bits per heavy atom. The Balaban J connectivity index is 2.47. The van der Waals surface area contributed by atoms with E-state index in [1.807, 2.05) is 0 Å². The molecule has 1 aromatic rings. The van der Waals surface area contributed by atoms with E-state index < -0.39 is 0 Å². The predicted molar refractivity (Wildman–Crippen MR) is 82.6 cm³/mol. The predicted octanol–water partition coefficient (Wildman–Crippen LogP) is 3.12. The van der Waals surface area contributed by atoms with E-state index >= 15 is 0 Å². The van der Waals surface area contributed by atoms with Crippen molar-refractivity contribution in [2.45, 2.75) is 40.0 Å². The molecule has 1 aromatic carbocycles. The molecular weight excluding hydrogens is 252 g/mol. The van der Waals surface area contributed by atoms with Gasteiger partial charge in [0.25, 0.3) is 0 Å². The molecule has 0 fully saturated rings. The second kappa shape index (κ2) is 7.29. The number of rotatable bonds is 6. The van der Waals surface area contributed by atoms with Crippen molar-refractivity contribution < 1.29 is 9.90 Å². The molecule has 0 aliphatic heterocycles. The average Bonchev–Trinajstić information content (AvgIpc) is 2.36. The smallest absolute Gasteiger partial charge is 0.224 e. The molecule has 0 saturated carbocycles. The fourth-order valence-corrected chi connectivity index (χ4v) is 2.29. The van der Waals surface area contributed by atoms with E-state index in [1.165, 1.54) is 0 Å². The van der Waals surface area contributed by atoms with Crippen LogP contribution in [-0.4, -0.2) is 17.6 Å². The van der Waals surface area contributed by atoms with Crippen molar-refractivity contribution in [3.05, 3.63) is 24.3 Å². The monoisotopic (exact) mass is 278 g/mol. The van der Waals surface area contributed by atoms with Crippen LogP contribution in [0.5, 0.6) is 5.75 Å². The maximum Gasteiger partial charge on any atom is 0.224 e. The average molecular weight is 278 g/mol. The van der Waals surface area contributed by atoms with Crippen LogP contribution in [0.2, 0.25) is 0 Å². The zero-order chi connectivity index (χ0) is 15.2. The summed E-state index contributed by atoms with van der Waals surface area (Å²) in [7, 11) is 0. The maximum absolute atomic E-state index is 11.9. The topological polar surface area (TPSA) is 75.4 Å². The third-order valence-electron chi connectivity index (χ3n) is 3.61. The van der Waals surface area contributed by atoms with Gasteiger partial charge in [0.15, 0.2) is 0 Å². The lowest BCUT2D eigenvalue weighted by atomic mass is 9.76. The minimum absolute atomic E-state index is 0.00182. The molecule has 1 unspecified atom stereocenters. The molecule has 1 rings (SSSR count). The lowest BCUT2D eigenvalue weighted by Crippen LogP contribution is -2.25. The lowest BCUT2D eigenvalue weighted by molar-refractivity contribution is -0.116. The molecule has 0 bridgehead atoms. The Morgan fingerprint density at radius 2 is 1.85 bits per heavy atom. The summed E-state index contributed by atoms with van der Waals surface area (Å²) < 4.78 is 0. The first-order chi connectivity index (χ1) is 9.32. The zero-order valence-corrected chi connectivity index (χ0v) is 12.6. The van der Waals surface area contributed by atoms with Gasteiger partial charge in [0, 0.05) is 12.1 Å². The van der Waals surface area contributed by atoms with Crippen LogP contribution in [-0.2, 0) is 4.79 Å². The Kier molecular flexibility index (Phi) is 6.02. The second-order valence-corrected chi connectivity index (χ2v) is 6.27. The Hall–Kier alpha value is -1.55. The Morgan fingerprint density at radius 3 is 2.35 bits per heavy atom. The van der Waals surface area contributed by atoms with Gasteiger partial charge >= 0.3 is 0 Å². The van der Waals surface area contributed by atoms with Crippen molar-refractivity contribution in [3.8, 4) is 5.75 Å². The minimum atomic E-state index is 0.00182. The lowest BCUT2D eigenvalue weighted by Gasteiger charge is -2.30. The van der Waals surface area contributed by atoms with E-state index in [1.54, 1.807) is 24.3 Å². The highest BCUT2D eigenvalue weighted by atomic mass is 16.3. The number of nitrogens with one attached hydrogen (secondary N) is 1. The van der Waals surface area contributed by atoms with E-state index in [0.717, 1.165) is 12.8 Å². The van der Waals surface area contributed by atoms with E-state index in [9.17, 15) is 9.90 Å². The van der Waals surface area contributed by atoms with Crippen LogP contribution in [0.15, 0.2) is 24.3 Å². The van der Waals surface area contributed by atoms with Gasteiger partial charge in [0.05, 0.1) is 0 Å². The molecule has 4 N–H and O–H groups in total. The van der Waals surface area contributed by atoms with Crippen molar-refractivity contribution in [3.63, 3.8) is 0 Å². The first-order valence-corrected chi connectivity index (χ1v) is 7.12. The summed E-state index contributed by atoms with van der Waals surface area (Å²) in [5, 5.41) is 12.0. The van der Waals surface area contributed by atoms with Crippen LogP contribution in [0, 0.1) is 11.3 Å². The number of hydrogen-bond acceptors (Lipinski definition) is 3. The molecule has 0 heterocycles. The number of carbonyl (C=O) groups excluding carboxylic acids is 1. The van der Waals surface area contributed by atoms with Crippen LogP contribution in [0.4, 0.5) is 5.69 Å². The Bertz CT molecular complexity index is 421. The minimum Gasteiger partial charge on any atom is -0.508 e. The first-order valence-electron chi connectivity index (χ1n) is 7.12. The van der Waals surface area contributed by atoms with Gasteiger partial charge in [-0.1, -0.05) is 20.8 Å². The van der Waals surface area contributed by atoms with Crippen molar-refractivity contribution in [1.29, 1.82) is 0 Å². The third-order valence-corrected chi connectivity index (χ3v) is 3.61. The number of aromatic hydroxyl groups is 1.